The fourth-order valence-electron chi connectivity index (χ4n) is 3.36. The third-order valence-electron chi connectivity index (χ3n) is 4.95. The minimum atomic E-state index is -0.479. The molecular formula is C24H19N3O3. The lowest BCUT2D eigenvalue weighted by Gasteiger charge is -2.12. The molecule has 0 radical (unpaired) electrons. The number of anilines is 1. The highest BCUT2D eigenvalue weighted by atomic mass is 16.6. The van der Waals surface area contributed by atoms with Gasteiger partial charge >= 0.3 is 0 Å². The lowest BCUT2D eigenvalue weighted by molar-refractivity contribution is -0.384. The first-order valence-corrected chi connectivity index (χ1v) is 9.45. The number of aryl methyl sites for hydroxylation is 2. The monoisotopic (exact) mass is 397 g/mol. The van der Waals surface area contributed by atoms with E-state index in [1.54, 1.807) is 19.1 Å². The Morgan fingerprint density at radius 3 is 2.53 bits per heavy atom. The molecular weight excluding hydrogens is 378 g/mol. The Kier molecular flexibility index (Phi) is 4.98. The van der Waals surface area contributed by atoms with Crippen molar-refractivity contribution in [3.05, 3.63) is 99.6 Å². The van der Waals surface area contributed by atoms with E-state index in [4.69, 9.17) is 4.98 Å². The highest BCUT2D eigenvalue weighted by Gasteiger charge is 2.16. The number of nitro benzene ring substituents is 1. The van der Waals surface area contributed by atoms with Crippen LogP contribution in [0.15, 0.2) is 72.8 Å². The second-order valence-corrected chi connectivity index (χ2v) is 7.15. The number of non-ortho nitro benzene ring substituents is 1. The van der Waals surface area contributed by atoms with Gasteiger partial charge in [0.25, 0.3) is 11.6 Å². The molecule has 0 bridgehead atoms. The number of carbonyl (C=O) groups excluding carboxylic acids is 1. The first kappa shape index (κ1) is 19.3. The minimum absolute atomic E-state index is 0.0732. The lowest BCUT2D eigenvalue weighted by atomic mass is 10.0. The predicted octanol–water partition coefficient (Wildman–Crippen LogP) is 5.68. The van der Waals surface area contributed by atoms with E-state index >= 15 is 0 Å². The van der Waals surface area contributed by atoms with Crippen LogP contribution in [0.4, 0.5) is 11.4 Å². The summed E-state index contributed by atoms with van der Waals surface area (Å²) in [6, 6.07) is 21.5. The Morgan fingerprint density at radius 1 is 0.967 bits per heavy atom. The smallest absolute Gasteiger partial charge is 0.271 e. The van der Waals surface area contributed by atoms with E-state index < -0.39 is 4.92 Å². The van der Waals surface area contributed by atoms with Gasteiger partial charge in [0.1, 0.15) is 0 Å². The van der Waals surface area contributed by atoms with Gasteiger partial charge in [-0.05, 0) is 37.6 Å². The maximum atomic E-state index is 13.2. The topological polar surface area (TPSA) is 85.1 Å². The maximum absolute atomic E-state index is 13.2. The Labute approximate surface area is 173 Å². The van der Waals surface area contributed by atoms with Crippen LogP contribution in [0.5, 0.6) is 0 Å². The zero-order chi connectivity index (χ0) is 21.3. The summed E-state index contributed by atoms with van der Waals surface area (Å²) in [5, 5.41) is 14.7. The van der Waals surface area contributed by atoms with Crippen LogP contribution in [0, 0.1) is 24.0 Å². The molecule has 148 valence electrons. The minimum Gasteiger partial charge on any atom is -0.321 e. The molecule has 0 saturated heterocycles. The van der Waals surface area contributed by atoms with Crippen molar-refractivity contribution in [2.24, 2.45) is 0 Å². The molecule has 0 aliphatic heterocycles. The van der Waals surface area contributed by atoms with E-state index in [0.29, 0.717) is 22.5 Å². The van der Waals surface area contributed by atoms with Crippen LogP contribution in [-0.4, -0.2) is 15.8 Å². The molecule has 1 amide bonds. The number of hydrogen-bond acceptors (Lipinski definition) is 4. The number of pyridine rings is 1. The zero-order valence-corrected chi connectivity index (χ0v) is 16.5. The Hall–Kier alpha value is -4.06. The van der Waals surface area contributed by atoms with Crippen molar-refractivity contribution < 1.29 is 9.72 Å². The van der Waals surface area contributed by atoms with Crippen LogP contribution < -0.4 is 5.32 Å². The van der Waals surface area contributed by atoms with Crippen molar-refractivity contribution in [3.63, 3.8) is 0 Å². The molecule has 1 N–H and O–H groups in total. The second kappa shape index (κ2) is 7.75. The van der Waals surface area contributed by atoms with Crippen molar-refractivity contribution in [1.82, 2.24) is 4.98 Å². The van der Waals surface area contributed by atoms with Gasteiger partial charge in [-0.15, -0.1) is 0 Å². The molecule has 3 aromatic carbocycles. The van der Waals surface area contributed by atoms with E-state index in [1.165, 1.54) is 12.1 Å². The summed E-state index contributed by atoms with van der Waals surface area (Å²) in [5.74, 6) is -0.342. The molecule has 0 aliphatic rings. The van der Waals surface area contributed by atoms with E-state index in [2.05, 4.69) is 5.32 Å². The third kappa shape index (κ3) is 3.75. The summed E-state index contributed by atoms with van der Waals surface area (Å²) >= 11 is 0. The molecule has 0 aliphatic carbocycles. The van der Waals surface area contributed by atoms with Crippen molar-refractivity contribution in [1.29, 1.82) is 0 Å². The summed E-state index contributed by atoms with van der Waals surface area (Å²) in [5.41, 5.74) is 4.95. The lowest BCUT2D eigenvalue weighted by Crippen LogP contribution is -2.14. The SMILES string of the molecule is Cc1cccc(-c2cc(C(=O)Nc3cc([N+](=O)[O-])ccc3C)c3ccccc3n2)c1. The molecule has 0 spiro atoms. The molecule has 0 atom stereocenters. The van der Waals surface area contributed by atoms with Crippen LogP contribution in [0.3, 0.4) is 0 Å². The van der Waals surface area contributed by atoms with Gasteiger partial charge in [-0.3, -0.25) is 14.9 Å². The standard InChI is InChI=1S/C24H19N3O3/c1-15-6-5-7-17(12-15)23-14-20(19-8-3-4-9-21(19)25-23)24(28)26-22-13-18(27(29)30)11-10-16(22)2/h3-14H,1-2H3,(H,26,28). The predicted molar refractivity (Wildman–Crippen MR) is 118 cm³/mol. The van der Waals surface area contributed by atoms with Crippen LogP contribution in [-0.2, 0) is 0 Å². The van der Waals surface area contributed by atoms with Gasteiger partial charge in [-0.25, -0.2) is 4.98 Å². The number of carbonyl (C=O) groups is 1. The van der Waals surface area contributed by atoms with E-state index in [-0.39, 0.29) is 11.6 Å². The number of nitro groups is 1. The fourth-order valence-corrected chi connectivity index (χ4v) is 3.36. The number of amides is 1. The molecule has 1 heterocycles. The molecule has 0 saturated carbocycles. The van der Waals surface area contributed by atoms with Crippen LogP contribution >= 0.6 is 0 Å². The van der Waals surface area contributed by atoms with Crippen LogP contribution in [0.1, 0.15) is 21.5 Å². The molecule has 6 nitrogen and oxygen atoms in total. The number of benzene rings is 3. The van der Waals surface area contributed by atoms with Crippen molar-refractivity contribution in [2.45, 2.75) is 13.8 Å². The maximum Gasteiger partial charge on any atom is 0.271 e. The van der Waals surface area contributed by atoms with E-state index in [1.807, 2.05) is 55.5 Å². The van der Waals surface area contributed by atoms with E-state index in [9.17, 15) is 14.9 Å². The number of rotatable bonds is 4. The summed E-state index contributed by atoms with van der Waals surface area (Å²) in [4.78, 5) is 28.6. The number of fused-ring (bicyclic) bond motifs is 1. The summed E-state index contributed by atoms with van der Waals surface area (Å²) in [7, 11) is 0. The molecule has 0 fully saturated rings. The molecule has 0 unspecified atom stereocenters. The molecule has 6 heteroatoms. The average Bonchev–Trinajstić information content (AvgIpc) is 2.74. The molecule has 30 heavy (non-hydrogen) atoms. The van der Waals surface area contributed by atoms with Gasteiger partial charge in [-0.1, -0.05) is 48.0 Å². The fraction of sp³-hybridized carbons (Fsp3) is 0.0833. The highest BCUT2D eigenvalue weighted by molar-refractivity contribution is 6.13. The Morgan fingerprint density at radius 2 is 1.77 bits per heavy atom. The second-order valence-electron chi connectivity index (χ2n) is 7.15. The largest absolute Gasteiger partial charge is 0.321 e. The average molecular weight is 397 g/mol. The van der Waals surface area contributed by atoms with Gasteiger partial charge < -0.3 is 5.32 Å². The number of hydrogen-bond donors (Lipinski definition) is 1. The number of aromatic nitrogens is 1. The highest BCUT2D eigenvalue weighted by Crippen LogP contribution is 2.27. The van der Waals surface area contributed by atoms with Gasteiger partial charge in [0.2, 0.25) is 0 Å². The summed E-state index contributed by atoms with van der Waals surface area (Å²) in [6.45, 7) is 3.80. The first-order valence-electron chi connectivity index (χ1n) is 9.45. The van der Waals surface area contributed by atoms with Gasteiger partial charge in [0.15, 0.2) is 0 Å². The Bertz CT molecular complexity index is 1300. The van der Waals surface area contributed by atoms with Gasteiger partial charge in [-0.2, -0.15) is 0 Å². The van der Waals surface area contributed by atoms with E-state index in [0.717, 1.165) is 22.1 Å². The van der Waals surface area contributed by atoms with Gasteiger partial charge in [0.05, 0.1) is 27.4 Å². The van der Waals surface area contributed by atoms with Crippen molar-refractivity contribution in [3.8, 4) is 11.3 Å². The molecule has 4 rings (SSSR count). The zero-order valence-electron chi connectivity index (χ0n) is 16.5. The molecule has 1 aromatic heterocycles. The van der Waals surface area contributed by atoms with Gasteiger partial charge in [0, 0.05) is 23.1 Å². The Balaban J connectivity index is 1.81. The number of nitrogens with one attached hydrogen (secondary N) is 1. The van der Waals surface area contributed by atoms with Crippen LogP contribution in [0.25, 0.3) is 22.2 Å². The summed E-state index contributed by atoms with van der Waals surface area (Å²) in [6.07, 6.45) is 0. The number of nitrogens with zero attached hydrogens (tertiary/aromatic N) is 2. The van der Waals surface area contributed by atoms with Crippen molar-refractivity contribution >= 4 is 28.2 Å². The summed E-state index contributed by atoms with van der Waals surface area (Å²) < 4.78 is 0. The first-order chi connectivity index (χ1) is 14.4. The quantitative estimate of drug-likeness (QED) is 0.355. The third-order valence-corrected chi connectivity index (χ3v) is 4.95. The normalized spacial score (nSPS) is 10.7. The molecule has 4 aromatic rings. The number of para-hydroxylation sites is 1. The van der Waals surface area contributed by atoms with Crippen molar-refractivity contribution in [2.75, 3.05) is 5.32 Å². The van der Waals surface area contributed by atoms with Crippen LogP contribution in [0.2, 0.25) is 0 Å².